The first kappa shape index (κ1) is 20.2. The minimum atomic E-state index is -0.702. The number of halogens is 1. The van der Waals surface area contributed by atoms with E-state index < -0.39 is 12.1 Å². The standard InChI is InChI=1S/C19H24N2O2.ClH/c1-13-8-10-16(11-9-13)18(20)19(23)21-14(2)12-17(22)15-6-4-3-5-7-15;/h3-11,14,17-18,22H,12,20H2,1-2H3,(H,21,23);1H. The molecule has 3 atom stereocenters. The summed E-state index contributed by atoms with van der Waals surface area (Å²) < 4.78 is 0. The van der Waals surface area contributed by atoms with Crippen LogP contribution in [0.25, 0.3) is 0 Å². The summed E-state index contributed by atoms with van der Waals surface area (Å²) in [6.07, 6.45) is -0.168. The molecule has 0 saturated heterocycles. The number of hydrogen-bond acceptors (Lipinski definition) is 3. The minimum Gasteiger partial charge on any atom is -0.388 e. The molecule has 3 unspecified atom stereocenters. The average molecular weight is 349 g/mol. The van der Waals surface area contributed by atoms with Gasteiger partial charge in [0.05, 0.1) is 6.10 Å². The number of aliphatic hydroxyl groups is 1. The molecule has 0 fully saturated rings. The summed E-state index contributed by atoms with van der Waals surface area (Å²) in [5.74, 6) is -0.235. The molecule has 130 valence electrons. The second-order valence-electron chi connectivity index (χ2n) is 5.96. The van der Waals surface area contributed by atoms with Gasteiger partial charge in [0.1, 0.15) is 6.04 Å². The molecule has 0 saturated carbocycles. The summed E-state index contributed by atoms with van der Waals surface area (Å²) in [5.41, 5.74) is 8.76. The van der Waals surface area contributed by atoms with E-state index in [2.05, 4.69) is 5.32 Å². The average Bonchev–Trinajstić information content (AvgIpc) is 2.55. The maximum absolute atomic E-state index is 12.2. The summed E-state index contributed by atoms with van der Waals surface area (Å²) in [4.78, 5) is 12.2. The monoisotopic (exact) mass is 348 g/mol. The molecule has 0 aromatic heterocycles. The fourth-order valence-electron chi connectivity index (χ4n) is 2.46. The summed E-state index contributed by atoms with van der Waals surface area (Å²) in [5, 5.41) is 13.1. The van der Waals surface area contributed by atoms with E-state index in [1.165, 1.54) is 0 Å². The van der Waals surface area contributed by atoms with E-state index in [9.17, 15) is 9.90 Å². The molecule has 0 aliphatic heterocycles. The Morgan fingerprint density at radius 3 is 2.25 bits per heavy atom. The molecule has 2 aromatic rings. The van der Waals surface area contributed by atoms with Crippen LogP contribution in [0.2, 0.25) is 0 Å². The Morgan fingerprint density at radius 2 is 1.67 bits per heavy atom. The van der Waals surface area contributed by atoms with Crippen molar-refractivity contribution in [1.82, 2.24) is 5.32 Å². The van der Waals surface area contributed by atoms with Gasteiger partial charge in [0.2, 0.25) is 5.91 Å². The number of nitrogens with two attached hydrogens (primary N) is 1. The third-order valence-corrected chi connectivity index (χ3v) is 3.87. The van der Waals surface area contributed by atoms with Crippen molar-refractivity contribution in [2.45, 2.75) is 38.5 Å². The zero-order chi connectivity index (χ0) is 16.8. The number of rotatable bonds is 6. The third kappa shape index (κ3) is 5.64. The first-order valence-electron chi connectivity index (χ1n) is 7.83. The number of aliphatic hydroxyl groups excluding tert-OH is 1. The molecular formula is C19H25ClN2O2. The molecule has 4 N–H and O–H groups in total. The molecule has 1 amide bonds. The fourth-order valence-corrected chi connectivity index (χ4v) is 2.46. The van der Waals surface area contributed by atoms with Gasteiger partial charge < -0.3 is 16.2 Å². The van der Waals surface area contributed by atoms with Gasteiger partial charge in [0, 0.05) is 6.04 Å². The SMILES string of the molecule is Cc1ccc(C(N)C(=O)NC(C)CC(O)c2ccccc2)cc1.Cl. The van der Waals surface area contributed by atoms with Gasteiger partial charge in [-0.05, 0) is 31.4 Å². The molecule has 2 rings (SSSR count). The number of benzene rings is 2. The van der Waals surface area contributed by atoms with Gasteiger partial charge in [0.15, 0.2) is 0 Å². The van der Waals surface area contributed by atoms with Crippen molar-refractivity contribution in [3.63, 3.8) is 0 Å². The molecule has 0 spiro atoms. The number of carbonyl (C=O) groups is 1. The zero-order valence-electron chi connectivity index (χ0n) is 14.0. The van der Waals surface area contributed by atoms with Crippen LogP contribution in [0, 0.1) is 6.92 Å². The smallest absolute Gasteiger partial charge is 0.241 e. The van der Waals surface area contributed by atoms with Crippen molar-refractivity contribution >= 4 is 18.3 Å². The Hall–Kier alpha value is -1.88. The maximum Gasteiger partial charge on any atom is 0.241 e. The minimum absolute atomic E-state index is 0. The van der Waals surface area contributed by atoms with Crippen molar-refractivity contribution < 1.29 is 9.90 Å². The highest BCUT2D eigenvalue weighted by atomic mass is 35.5. The van der Waals surface area contributed by atoms with Gasteiger partial charge in [-0.1, -0.05) is 60.2 Å². The second-order valence-corrected chi connectivity index (χ2v) is 5.96. The number of aryl methyl sites for hydroxylation is 1. The number of amides is 1. The van der Waals surface area contributed by atoms with Gasteiger partial charge in [-0.25, -0.2) is 0 Å². The quantitative estimate of drug-likeness (QED) is 0.751. The van der Waals surface area contributed by atoms with Crippen molar-refractivity contribution in [3.8, 4) is 0 Å². The molecule has 5 heteroatoms. The van der Waals surface area contributed by atoms with Crippen molar-refractivity contribution in [3.05, 3.63) is 71.3 Å². The Morgan fingerprint density at radius 1 is 1.08 bits per heavy atom. The van der Waals surface area contributed by atoms with E-state index >= 15 is 0 Å². The topological polar surface area (TPSA) is 75.4 Å². The van der Waals surface area contributed by atoms with Crippen LogP contribution in [0.3, 0.4) is 0 Å². The van der Waals surface area contributed by atoms with E-state index in [1.54, 1.807) is 0 Å². The van der Waals surface area contributed by atoms with E-state index in [0.29, 0.717) is 6.42 Å². The Bertz CT molecular complexity index is 632. The van der Waals surface area contributed by atoms with Gasteiger partial charge >= 0.3 is 0 Å². The Balaban J connectivity index is 0.00000288. The first-order chi connectivity index (χ1) is 11.0. The van der Waals surface area contributed by atoms with Crippen LogP contribution >= 0.6 is 12.4 Å². The maximum atomic E-state index is 12.2. The van der Waals surface area contributed by atoms with Crippen molar-refractivity contribution in [2.24, 2.45) is 5.73 Å². The molecule has 0 bridgehead atoms. The molecule has 0 radical (unpaired) electrons. The van der Waals surface area contributed by atoms with Crippen LogP contribution < -0.4 is 11.1 Å². The van der Waals surface area contributed by atoms with Gasteiger partial charge in [-0.3, -0.25) is 4.79 Å². The van der Waals surface area contributed by atoms with Crippen LogP contribution in [0.15, 0.2) is 54.6 Å². The van der Waals surface area contributed by atoms with E-state index in [-0.39, 0.29) is 24.4 Å². The highest BCUT2D eigenvalue weighted by Gasteiger charge is 2.19. The molecular weight excluding hydrogens is 324 g/mol. The normalized spacial score (nSPS) is 14.2. The zero-order valence-corrected chi connectivity index (χ0v) is 14.8. The summed E-state index contributed by atoms with van der Waals surface area (Å²) in [6.45, 7) is 3.86. The Kier molecular flexibility index (Phi) is 7.92. The lowest BCUT2D eigenvalue weighted by Gasteiger charge is -2.20. The molecule has 24 heavy (non-hydrogen) atoms. The van der Waals surface area contributed by atoms with Crippen LogP contribution in [0.1, 0.15) is 42.2 Å². The predicted molar refractivity (Wildman–Crippen MR) is 99.0 cm³/mol. The highest BCUT2D eigenvalue weighted by molar-refractivity contribution is 5.85. The lowest BCUT2D eigenvalue weighted by atomic mass is 10.0. The molecule has 0 aliphatic carbocycles. The van der Waals surface area contributed by atoms with E-state index in [0.717, 1.165) is 16.7 Å². The van der Waals surface area contributed by atoms with Crippen molar-refractivity contribution in [2.75, 3.05) is 0 Å². The number of nitrogens with one attached hydrogen (secondary N) is 1. The van der Waals surface area contributed by atoms with Crippen molar-refractivity contribution in [1.29, 1.82) is 0 Å². The van der Waals surface area contributed by atoms with Crippen LogP contribution in [0.4, 0.5) is 0 Å². The van der Waals surface area contributed by atoms with Gasteiger partial charge in [-0.15, -0.1) is 12.4 Å². The van der Waals surface area contributed by atoms with Gasteiger partial charge in [-0.2, -0.15) is 0 Å². The second kappa shape index (κ2) is 9.42. The largest absolute Gasteiger partial charge is 0.388 e. The summed E-state index contributed by atoms with van der Waals surface area (Å²) in [6, 6.07) is 16.1. The lowest BCUT2D eigenvalue weighted by molar-refractivity contribution is -0.123. The fraction of sp³-hybridized carbons (Fsp3) is 0.316. The third-order valence-electron chi connectivity index (χ3n) is 3.87. The van der Waals surface area contributed by atoms with Crippen LogP contribution in [-0.2, 0) is 4.79 Å². The van der Waals surface area contributed by atoms with Crippen LogP contribution in [-0.4, -0.2) is 17.1 Å². The molecule has 2 aromatic carbocycles. The summed E-state index contributed by atoms with van der Waals surface area (Å²) >= 11 is 0. The Labute approximate surface area is 149 Å². The molecule has 4 nitrogen and oxygen atoms in total. The highest BCUT2D eigenvalue weighted by Crippen LogP contribution is 2.18. The first-order valence-corrected chi connectivity index (χ1v) is 7.83. The molecule has 0 heterocycles. The number of carbonyl (C=O) groups excluding carboxylic acids is 1. The van der Waals surface area contributed by atoms with E-state index in [4.69, 9.17) is 5.73 Å². The predicted octanol–water partition coefficient (Wildman–Crippen LogP) is 3.05. The van der Waals surface area contributed by atoms with Crippen LogP contribution in [0.5, 0.6) is 0 Å². The lowest BCUT2D eigenvalue weighted by Crippen LogP contribution is -2.40. The number of hydrogen-bond donors (Lipinski definition) is 3. The summed E-state index contributed by atoms with van der Waals surface area (Å²) in [7, 11) is 0. The van der Waals surface area contributed by atoms with E-state index in [1.807, 2.05) is 68.4 Å². The van der Waals surface area contributed by atoms with Gasteiger partial charge in [0.25, 0.3) is 0 Å². The molecule has 0 aliphatic rings.